The van der Waals surface area contributed by atoms with Crippen LogP contribution in [0.15, 0.2) is 51.9 Å². The van der Waals surface area contributed by atoms with Gasteiger partial charge in [-0.25, -0.2) is 8.42 Å². The molecule has 164 valence electrons. The van der Waals surface area contributed by atoms with Crippen molar-refractivity contribution in [3.05, 3.63) is 53.4 Å². The van der Waals surface area contributed by atoms with Crippen molar-refractivity contribution in [2.75, 3.05) is 27.3 Å². The highest BCUT2D eigenvalue weighted by atomic mass is 35.5. The molecule has 1 aliphatic rings. The number of hydrogen-bond donors (Lipinski definition) is 0. The summed E-state index contributed by atoms with van der Waals surface area (Å²) in [5.41, 5.74) is 0.666. The Kier molecular flexibility index (Phi) is 6.17. The minimum atomic E-state index is -3.63. The van der Waals surface area contributed by atoms with E-state index in [1.807, 2.05) is 0 Å². The van der Waals surface area contributed by atoms with E-state index in [1.54, 1.807) is 44.6 Å². The summed E-state index contributed by atoms with van der Waals surface area (Å²) in [7, 11) is -0.500. The first kappa shape index (κ1) is 21.6. The fourth-order valence-corrected chi connectivity index (χ4v) is 5.26. The molecule has 3 aromatic rings. The highest BCUT2D eigenvalue weighted by Gasteiger charge is 2.33. The quantitative estimate of drug-likeness (QED) is 0.545. The third-order valence-corrected chi connectivity index (χ3v) is 7.41. The lowest BCUT2D eigenvalue weighted by atomic mass is 10.00. The van der Waals surface area contributed by atoms with Gasteiger partial charge in [-0.3, -0.25) is 0 Å². The molecule has 1 fully saturated rings. The number of nitrogens with zero attached hydrogens (tertiary/aromatic N) is 3. The van der Waals surface area contributed by atoms with Crippen LogP contribution in [0.4, 0.5) is 0 Å². The monoisotopic (exact) mass is 463 g/mol. The molecule has 4 rings (SSSR count). The van der Waals surface area contributed by atoms with Gasteiger partial charge in [0.2, 0.25) is 21.7 Å². The molecule has 8 nitrogen and oxygen atoms in total. The van der Waals surface area contributed by atoms with Crippen LogP contribution in [0.2, 0.25) is 5.02 Å². The highest BCUT2D eigenvalue weighted by Crippen LogP contribution is 2.34. The second-order valence-electron chi connectivity index (χ2n) is 7.18. The van der Waals surface area contributed by atoms with E-state index >= 15 is 0 Å². The summed E-state index contributed by atoms with van der Waals surface area (Å²) in [5.74, 6) is 1.80. The Balaban J connectivity index is 1.56. The molecule has 0 aliphatic carbocycles. The summed E-state index contributed by atoms with van der Waals surface area (Å²) in [4.78, 5) is 4.75. The molecule has 2 heterocycles. The van der Waals surface area contributed by atoms with Crippen LogP contribution < -0.4 is 9.47 Å². The zero-order valence-electron chi connectivity index (χ0n) is 17.1. The van der Waals surface area contributed by atoms with Gasteiger partial charge in [0, 0.05) is 24.2 Å². The van der Waals surface area contributed by atoms with Crippen molar-refractivity contribution >= 4 is 21.6 Å². The highest BCUT2D eigenvalue weighted by molar-refractivity contribution is 7.89. The van der Waals surface area contributed by atoms with E-state index in [-0.39, 0.29) is 17.4 Å². The second kappa shape index (κ2) is 8.86. The van der Waals surface area contributed by atoms with Crippen molar-refractivity contribution < 1.29 is 22.4 Å². The summed E-state index contributed by atoms with van der Waals surface area (Å²) in [6.45, 7) is 0.709. The fourth-order valence-electron chi connectivity index (χ4n) is 3.61. The van der Waals surface area contributed by atoms with Gasteiger partial charge in [-0.05, 0) is 49.2 Å². The molecule has 0 saturated carbocycles. The molecule has 0 spiro atoms. The largest absolute Gasteiger partial charge is 0.497 e. The van der Waals surface area contributed by atoms with Gasteiger partial charge in [-0.15, -0.1) is 0 Å². The van der Waals surface area contributed by atoms with Crippen molar-refractivity contribution in [2.24, 2.45) is 0 Å². The molecule has 0 amide bonds. The molecule has 1 aliphatic heterocycles. The van der Waals surface area contributed by atoms with Crippen LogP contribution in [0.3, 0.4) is 0 Å². The second-order valence-corrected chi connectivity index (χ2v) is 9.55. The van der Waals surface area contributed by atoms with Gasteiger partial charge in [0.1, 0.15) is 11.5 Å². The molecular formula is C21H22ClN3O5S. The van der Waals surface area contributed by atoms with Crippen LogP contribution in [-0.4, -0.2) is 50.2 Å². The Morgan fingerprint density at radius 2 is 1.90 bits per heavy atom. The lowest BCUT2D eigenvalue weighted by Gasteiger charge is -2.30. The number of ether oxygens (including phenoxy) is 2. The van der Waals surface area contributed by atoms with Gasteiger partial charge in [0.05, 0.1) is 30.6 Å². The first-order valence-corrected chi connectivity index (χ1v) is 11.6. The van der Waals surface area contributed by atoms with Crippen LogP contribution in [-0.2, 0) is 10.0 Å². The zero-order valence-corrected chi connectivity index (χ0v) is 18.7. The maximum Gasteiger partial charge on any atom is 0.243 e. The van der Waals surface area contributed by atoms with Crippen molar-refractivity contribution in [3.8, 4) is 22.9 Å². The number of sulfonamides is 1. The van der Waals surface area contributed by atoms with E-state index in [0.29, 0.717) is 46.8 Å². The molecule has 1 unspecified atom stereocenters. The molecule has 2 aromatic carbocycles. The molecule has 0 radical (unpaired) electrons. The summed E-state index contributed by atoms with van der Waals surface area (Å²) >= 11 is 5.89. The SMILES string of the molecule is COc1ccc(-c2noc(C3CCCN(S(=O)(=O)c4ccc(Cl)cc4)C3)n2)c(OC)c1. The number of aromatic nitrogens is 2. The van der Waals surface area contributed by atoms with Gasteiger partial charge in [0.25, 0.3) is 0 Å². The van der Waals surface area contributed by atoms with E-state index < -0.39 is 10.0 Å². The molecule has 0 bridgehead atoms. The van der Waals surface area contributed by atoms with Gasteiger partial charge in [-0.2, -0.15) is 9.29 Å². The lowest BCUT2D eigenvalue weighted by molar-refractivity contribution is 0.265. The van der Waals surface area contributed by atoms with Gasteiger partial charge >= 0.3 is 0 Å². The van der Waals surface area contributed by atoms with Gasteiger partial charge in [-0.1, -0.05) is 16.8 Å². The topological polar surface area (TPSA) is 94.8 Å². The Hall–Kier alpha value is -2.62. The van der Waals surface area contributed by atoms with E-state index in [1.165, 1.54) is 16.4 Å². The molecule has 10 heteroatoms. The van der Waals surface area contributed by atoms with Crippen molar-refractivity contribution in [2.45, 2.75) is 23.7 Å². The normalized spacial score (nSPS) is 17.5. The minimum absolute atomic E-state index is 0.193. The average Bonchev–Trinajstić information content (AvgIpc) is 3.29. The smallest absolute Gasteiger partial charge is 0.243 e. The first-order valence-electron chi connectivity index (χ1n) is 9.74. The molecule has 31 heavy (non-hydrogen) atoms. The summed E-state index contributed by atoms with van der Waals surface area (Å²) in [6, 6.07) is 11.5. The van der Waals surface area contributed by atoms with Gasteiger partial charge in [0.15, 0.2) is 0 Å². The van der Waals surface area contributed by atoms with Crippen LogP contribution >= 0.6 is 11.6 Å². The molecule has 0 N–H and O–H groups in total. The molecular weight excluding hydrogens is 442 g/mol. The predicted molar refractivity (Wildman–Crippen MR) is 115 cm³/mol. The molecule has 1 atom stereocenters. The Morgan fingerprint density at radius 1 is 1.13 bits per heavy atom. The standard InChI is InChI=1S/C21H22ClN3O5S/c1-28-16-7-10-18(19(12-16)29-2)20-23-21(30-24-20)14-4-3-11-25(13-14)31(26,27)17-8-5-15(22)6-9-17/h5-10,12,14H,3-4,11,13H2,1-2H3. The number of rotatable bonds is 6. The Morgan fingerprint density at radius 3 is 2.61 bits per heavy atom. The third-order valence-electron chi connectivity index (χ3n) is 5.28. The van der Waals surface area contributed by atoms with E-state index in [9.17, 15) is 8.42 Å². The van der Waals surface area contributed by atoms with Crippen molar-refractivity contribution in [1.82, 2.24) is 14.4 Å². The third kappa shape index (κ3) is 4.39. The number of methoxy groups -OCH3 is 2. The van der Waals surface area contributed by atoms with E-state index in [4.69, 9.17) is 25.6 Å². The number of piperidine rings is 1. The van der Waals surface area contributed by atoms with Crippen LogP contribution in [0.1, 0.15) is 24.7 Å². The predicted octanol–water partition coefficient (Wildman–Crippen LogP) is 3.98. The number of benzene rings is 2. The van der Waals surface area contributed by atoms with Crippen molar-refractivity contribution in [1.29, 1.82) is 0 Å². The van der Waals surface area contributed by atoms with Crippen LogP contribution in [0, 0.1) is 0 Å². The zero-order chi connectivity index (χ0) is 22.0. The maximum atomic E-state index is 13.0. The average molecular weight is 464 g/mol. The fraction of sp³-hybridized carbons (Fsp3) is 0.333. The Bertz CT molecular complexity index is 1160. The Labute approximate surface area is 185 Å². The number of halogens is 1. The summed E-state index contributed by atoms with van der Waals surface area (Å²) < 4.78 is 43.7. The minimum Gasteiger partial charge on any atom is -0.497 e. The molecule has 1 aromatic heterocycles. The lowest BCUT2D eigenvalue weighted by Crippen LogP contribution is -2.39. The number of hydrogen-bond acceptors (Lipinski definition) is 7. The summed E-state index contributed by atoms with van der Waals surface area (Å²) in [5, 5.41) is 4.58. The maximum absolute atomic E-state index is 13.0. The van der Waals surface area contributed by atoms with E-state index in [2.05, 4.69) is 10.1 Å². The van der Waals surface area contributed by atoms with Crippen molar-refractivity contribution in [3.63, 3.8) is 0 Å². The molecule has 1 saturated heterocycles. The van der Waals surface area contributed by atoms with Crippen LogP contribution in [0.25, 0.3) is 11.4 Å². The van der Waals surface area contributed by atoms with Crippen LogP contribution in [0.5, 0.6) is 11.5 Å². The summed E-state index contributed by atoms with van der Waals surface area (Å²) in [6.07, 6.45) is 1.45. The van der Waals surface area contributed by atoms with E-state index in [0.717, 1.165) is 6.42 Å². The van der Waals surface area contributed by atoms with Gasteiger partial charge < -0.3 is 14.0 Å². The first-order chi connectivity index (χ1) is 14.9.